The molecule has 1 unspecified atom stereocenters. The minimum atomic E-state index is -0.769. The minimum absolute atomic E-state index is 0.00462. The van der Waals surface area contributed by atoms with Crippen molar-refractivity contribution in [3.8, 4) is 6.07 Å². The second-order valence-corrected chi connectivity index (χ2v) is 7.58. The molecule has 1 aliphatic rings. The van der Waals surface area contributed by atoms with E-state index in [9.17, 15) is 9.59 Å². The van der Waals surface area contributed by atoms with Crippen molar-refractivity contribution in [1.82, 2.24) is 10.2 Å². The van der Waals surface area contributed by atoms with Gasteiger partial charge in [-0.25, -0.2) is 4.79 Å². The maximum Gasteiger partial charge on any atom is 0.322 e. The second-order valence-electron chi connectivity index (χ2n) is 7.15. The fourth-order valence-corrected chi connectivity index (χ4v) is 3.51. The zero-order valence-electron chi connectivity index (χ0n) is 16.8. The van der Waals surface area contributed by atoms with Crippen LogP contribution >= 0.6 is 11.6 Å². The maximum absolute atomic E-state index is 12.8. The number of nitrogens with zero attached hydrogens (tertiary/aromatic N) is 2. The van der Waals surface area contributed by atoms with Gasteiger partial charge in [-0.2, -0.15) is 5.26 Å². The first-order chi connectivity index (χ1) is 14.8. The van der Waals surface area contributed by atoms with Crippen molar-refractivity contribution >= 4 is 34.9 Å². The van der Waals surface area contributed by atoms with Crippen molar-refractivity contribution in [1.29, 1.82) is 10.7 Å². The summed E-state index contributed by atoms with van der Waals surface area (Å²) < 4.78 is 0. The Morgan fingerprint density at radius 3 is 2.61 bits per heavy atom. The Kier molecular flexibility index (Phi) is 6.58. The van der Waals surface area contributed by atoms with E-state index < -0.39 is 5.91 Å². The van der Waals surface area contributed by atoms with Gasteiger partial charge in [0.25, 0.3) is 5.91 Å². The number of hydrogen-bond acceptors (Lipinski definition) is 5. The predicted octanol–water partition coefficient (Wildman–Crippen LogP) is 2.84. The maximum atomic E-state index is 12.8. The van der Waals surface area contributed by atoms with E-state index in [4.69, 9.17) is 28.0 Å². The van der Waals surface area contributed by atoms with Gasteiger partial charge in [-0.3, -0.25) is 10.2 Å². The Morgan fingerprint density at radius 1 is 1.29 bits per heavy atom. The van der Waals surface area contributed by atoms with Crippen LogP contribution in [-0.4, -0.2) is 41.7 Å². The number of hydrogen-bond donors (Lipinski definition) is 4. The highest BCUT2D eigenvalue weighted by atomic mass is 35.5. The van der Waals surface area contributed by atoms with E-state index in [2.05, 4.69) is 10.6 Å². The monoisotopic (exact) mass is 436 g/mol. The number of anilines is 1. The van der Waals surface area contributed by atoms with E-state index in [1.165, 1.54) is 4.90 Å². The molecule has 0 aliphatic carbocycles. The van der Waals surface area contributed by atoms with E-state index in [0.29, 0.717) is 34.1 Å². The summed E-state index contributed by atoms with van der Waals surface area (Å²) >= 11 is 6.02. The number of urea groups is 1. The van der Waals surface area contributed by atoms with Gasteiger partial charge in [0.1, 0.15) is 0 Å². The van der Waals surface area contributed by atoms with E-state index in [1.54, 1.807) is 48.5 Å². The molecular formula is C22H21ClN6O2. The van der Waals surface area contributed by atoms with E-state index in [0.717, 1.165) is 0 Å². The topological polar surface area (TPSA) is 135 Å². The quantitative estimate of drug-likeness (QED) is 0.432. The van der Waals surface area contributed by atoms with Crippen molar-refractivity contribution < 1.29 is 9.59 Å². The molecule has 1 atom stereocenters. The number of carbonyl (C=O) groups is 2. The Balaban J connectivity index is 1.86. The molecule has 0 aromatic heterocycles. The first-order valence-electron chi connectivity index (χ1n) is 9.49. The number of amides is 3. The molecular weight excluding hydrogens is 416 g/mol. The number of nitrogens with one attached hydrogen (secondary N) is 3. The molecule has 2 aromatic rings. The average molecular weight is 437 g/mol. The Hall–Kier alpha value is -3.83. The number of primary amides is 1. The van der Waals surface area contributed by atoms with Crippen molar-refractivity contribution in [2.45, 2.75) is 13.0 Å². The summed E-state index contributed by atoms with van der Waals surface area (Å²) in [5.74, 6) is -0.769. The van der Waals surface area contributed by atoms with Crippen LogP contribution in [-0.2, 0) is 4.79 Å². The van der Waals surface area contributed by atoms with Gasteiger partial charge in [0.05, 0.1) is 29.5 Å². The van der Waals surface area contributed by atoms with Crippen LogP contribution in [0.15, 0.2) is 59.8 Å². The van der Waals surface area contributed by atoms with Crippen LogP contribution in [0.2, 0.25) is 5.02 Å². The van der Waals surface area contributed by atoms with Crippen LogP contribution in [0.25, 0.3) is 0 Å². The molecule has 1 saturated heterocycles. The van der Waals surface area contributed by atoms with Crippen LogP contribution in [0.3, 0.4) is 0 Å². The normalized spacial score (nSPS) is 17.2. The third-order valence-electron chi connectivity index (χ3n) is 4.73. The molecule has 1 heterocycles. The first-order valence-corrected chi connectivity index (χ1v) is 9.86. The van der Waals surface area contributed by atoms with E-state index >= 15 is 0 Å². The summed E-state index contributed by atoms with van der Waals surface area (Å²) in [5, 5.41) is 23.8. The summed E-state index contributed by atoms with van der Waals surface area (Å²) in [4.78, 5) is 26.6. The Morgan fingerprint density at radius 2 is 2.00 bits per heavy atom. The van der Waals surface area contributed by atoms with Gasteiger partial charge in [0.2, 0.25) is 0 Å². The van der Waals surface area contributed by atoms with Crippen molar-refractivity contribution in [3.05, 3.63) is 76.0 Å². The zero-order chi connectivity index (χ0) is 22.5. The van der Waals surface area contributed by atoms with Crippen molar-refractivity contribution in [2.75, 3.05) is 18.4 Å². The average Bonchev–Trinajstić information content (AvgIpc) is 2.73. The zero-order valence-corrected chi connectivity index (χ0v) is 17.5. The van der Waals surface area contributed by atoms with Gasteiger partial charge in [-0.05, 0) is 43.3 Å². The lowest BCUT2D eigenvalue weighted by atomic mass is 9.98. The van der Waals surface area contributed by atoms with Crippen molar-refractivity contribution in [3.63, 3.8) is 0 Å². The highest BCUT2D eigenvalue weighted by molar-refractivity contribution is 6.32. The molecule has 9 heteroatoms. The highest BCUT2D eigenvalue weighted by Gasteiger charge is 2.29. The van der Waals surface area contributed by atoms with Crippen LogP contribution in [0.5, 0.6) is 0 Å². The number of benzene rings is 2. The molecule has 1 aliphatic heterocycles. The number of nitriles is 1. The molecule has 3 amide bonds. The molecule has 1 fully saturated rings. The lowest BCUT2D eigenvalue weighted by Crippen LogP contribution is -2.52. The smallest absolute Gasteiger partial charge is 0.322 e. The number of piperazine rings is 1. The second kappa shape index (κ2) is 9.32. The number of carbonyl (C=O) groups excluding carboxylic acids is 2. The molecule has 0 bridgehead atoms. The van der Waals surface area contributed by atoms with Crippen LogP contribution in [0.4, 0.5) is 10.5 Å². The number of halogens is 1. The molecule has 0 saturated carbocycles. The summed E-state index contributed by atoms with van der Waals surface area (Å²) in [6.45, 7) is 2.33. The van der Waals surface area contributed by atoms with Gasteiger partial charge in [0.15, 0.2) is 0 Å². The molecule has 0 spiro atoms. The van der Waals surface area contributed by atoms with Gasteiger partial charge >= 0.3 is 6.03 Å². The molecule has 158 valence electrons. The molecule has 0 radical (unpaired) electrons. The van der Waals surface area contributed by atoms with Crippen LogP contribution in [0, 0.1) is 16.7 Å². The number of nitrogens with two attached hydrogens (primary N) is 1. The van der Waals surface area contributed by atoms with Crippen LogP contribution < -0.4 is 16.4 Å². The standard InChI is InChI=1S/C22H21ClN6O2/c1-13-11-29(22(31)28-17-7-5-14(10-24)6-8-17)12-18(27-13)19(21(26)30)20(25)15-3-2-4-16(23)9-15/h2-9,13,25,27H,11-12H2,1H3,(H2,26,30)(H,28,31)/b19-18+,25-20?. The molecule has 8 nitrogen and oxygen atoms in total. The molecule has 3 rings (SSSR count). The van der Waals surface area contributed by atoms with Gasteiger partial charge in [-0.15, -0.1) is 0 Å². The third-order valence-corrected chi connectivity index (χ3v) is 4.96. The molecule has 2 aromatic carbocycles. The van der Waals surface area contributed by atoms with Gasteiger partial charge < -0.3 is 21.3 Å². The summed E-state index contributed by atoms with van der Waals surface area (Å²) in [7, 11) is 0. The molecule has 31 heavy (non-hydrogen) atoms. The Labute approximate surface area is 184 Å². The predicted molar refractivity (Wildman–Crippen MR) is 119 cm³/mol. The largest absolute Gasteiger partial charge is 0.382 e. The lowest BCUT2D eigenvalue weighted by Gasteiger charge is -2.35. The summed E-state index contributed by atoms with van der Waals surface area (Å²) in [6.07, 6.45) is 0. The van der Waals surface area contributed by atoms with Crippen LogP contribution in [0.1, 0.15) is 18.1 Å². The van der Waals surface area contributed by atoms with E-state index in [-0.39, 0.29) is 29.9 Å². The first kappa shape index (κ1) is 21.9. The fourth-order valence-electron chi connectivity index (χ4n) is 3.32. The lowest BCUT2D eigenvalue weighted by molar-refractivity contribution is -0.114. The number of rotatable bonds is 4. The fraction of sp³-hybridized carbons (Fsp3) is 0.182. The SMILES string of the molecule is CC1CN(C(=O)Nc2ccc(C#N)cc2)C/C(=C(/C(=N)c2cccc(Cl)c2)C(N)=O)N1. The Bertz CT molecular complexity index is 1100. The van der Waals surface area contributed by atoms with Gasteiger partial charge in [-0.1, -0.05) is 23.7 Å². The van der Waals surface area contributed by atoms with Crippen molar-refractivity contribution in [2.24, 2.45) is 5.73 Å². The summed E-state index contributed by atoms with van der Waals surface area (Å²) in [5.41, 5.74) is 7.42. The third kappa shape index (κ3) is 5.21. The highest BCUT2D eigenvalue weighted by Crippen LogP contribution is 2.19. The van der Waals surface area contributed by atoms with Gasteiger partial charge in [0, 0.05) is 34.6 Å². The summed E-state index contributed by atoms with van der Waals surface area (Å²) in [6, 6.07) is 14.6. The van der Waals surface area contributed by atoms with E-state index in [1.807, 2.05) is 13.0 Å². The molecule has 5 N–H and O–H groups in total. The minimum Gasteiger partial charge on any atom is -0.382 e.